The van der Waals surface area contributed by atoms with Gasteiger partial charge >= 0.3 is 0 Å². The Morgan fingerprint density at radius 3 is 2.47 bits per heavy atom. The Morgan fingerprint density at radius 2 is 1.77 bits per heavy atom. The summed E-state index contributed by atoms with van der Waals surface area (Å²) in [5.41, 5.74) is 8.72. The number of H-pyrrole nitrogens is 1. The van der Waals surface area contributed by atoms with E-state index in [4.69, 9.17) is 11.6 Å². The number of fused-ring (bicyclic) bond motifs is 1. The average molecular weight is 416 g/mol. The molecule has 0 fully saturated rings. The molecule has 30 heavy (non-hydrogen) atoms. The van der Waals surface area contributed by atoms with Crippen LogP contribution in [0.2, 0.25) is 5.02 Å². The average Bonchev–Trinajstić information content (AvgIpc) is 3.16. The topological polar surface area (TPSA) is 57.2 Å². The van der Waals surface area contributed by atoms with Gasteiger partial charge in [-0.25, -0.2) is 5.43 Å². The van der Waals surface area contributed by atoms with Gasteiger partial charge in [0.2, 0.25) is 0 Å². The minimum absolute atomic E-state index is 0.300. The number of aromatic amines is 1. The van der Waals surface area contributed by atoms with E-state index in [1.807, 2.05) is 61.5 Å². The van der Waals surface area contributed by atoms with Crippen molar-refractivity contribution in [3.8, 4) is 11.1 Å². The first-order valence-corrected chi connectivity index (χ1v) is 10.2. The van der Waals surface area contributed by atoms with Gasteiger partial charge < -0.3 is 4.98 Å². The highest BCUT2D eigenvalue weighted by Gasteiger charge is 2.19. The number of carbonyl (C=O) groups excluding carboxylic acids is 1. The Balaban J connectivity index is 1.69. The molecule has 4 aromatic rings. The van der Waals surface area contributed by atoms with Crippen LogP contribution in [-0.4, -0.2) is 16.6 Å². The lowest BCUT2D eigenvalue weighted by Crippen LogP contribution is -2.20. The maximum Gasteiger partial charge on any atom is 0.288 e. The molecule has 0 spiro atoms. The molecule has 3 aromatic carbocycles. The number of hydrogen-bond donors (Lipinski definition) is 2. The molecule has 4 nitrogen and oxygen atoms in total. The molecule has 0 aliphatic carbocycles. The van der Waals surface area contributed by atoms with E-state index in [0.29, 0.717) is 10.7 Å². The first-order chi connectivity index (χ1) is 14.6. The molecule has 150 valence electrons. The van der Waals surface area contributed by atoms with Crippen LogP contribution < -0.4 is 5.43 Å². The van der Waals surface area contributed by atoms with Gasteiger partial charge in [0.15, 0.2) is 0 Å². The fourth-order valence-corrected chi connectivity index (χ4v) is 3.65. The maximum absolute atomic E-state index is 13.0. The lowest BCUT2D eigenvalue weighted by Gasteiger charge is -2.06. The summed E-state index contributed by atoms with van der Waals surface area (Å²) in [7, 11) is 0. The first kappa shape index (κ1) is 19.9. The molecule has 4 rings (SSSR count). The maximum atomic E-state index is 13.0. The van der Waals surface area contributed by atoms with Gasteiger partial charge in [-0.15, -0.1) is 0 Å². The minimum Gasteiger partial charge on any atom is -0.350 e. The molecule has 0 saturated carbocycles. The van der Waals surface area contributed by atoms with E-state index < -0.39 is 0 Å². The summed E-state index contributed by atoms with van der Waals surface area (Å²) < 4.78 is 0. The van der Waals surface area contributed by atoms with Gasteiger partial charge in [-0.2, -0.15) is 5.10 Å². The van der Waals surface area contributed by atoms with Crippen LogP contribution in [0.4, 0.5) is 0 Å². The lowest BCUT2D eigenvalue weighted by molar-refractivity contribution is 0.0951. The molecule has 0 bridgehead atoms. The molecule has 0 radical (unpaired) electrons. The summed E-state index contributed by atoms with van der Waals surface area (Å²) in [4.78, 5) is 16.3. The Bertz CT molecular complexity index is 1220. The number of aryl methyl sites for hydroxylation is 1. The van der Waals surface area contributed by atoms with Gasteiger partial charge in [0, 0.05) is 21.5 Å². The SMILES string of the molecule is CCc1ccc(C(C)=NNC(=O)c2[nH]c3ccc(Cl)cc3c2-c2ccccc2)cc1. The second kappa shape index (κ2) is 8.56. The van der Waals surface area contributed by atoms with Gasteiger partial charge in [-0.1, -0.05) is 73.1 Å². The van der Waals surface area contributed by atoms with Gasteiger partial charge in [0.05, 0.1) is 5.71 Å². The monoisotopic (exact) mass is 415 g/mol. The lowest BCUT2D eigenvalue weighted by atomic mass is 10.0. The molecule has 2 N–H and O–H groups in total. The van der Waals surface area contributed by atoms with Crippen LogP contribution in [-0.2, 0) is 6.42 Å². The van der Waals surface area contributed by atoms with Gasteiger partial charge in [-0.3, -0.25) is 4.79 Å². The van der Waals surface area contributed by atoms with Gasteiger partial charge in [0.1, 0.15) is 5.69 Å². The Hall–Kier alpha value is -3.37. The fourth-order valence-electron chi connectivity index (χ4n) is 3.48. The minimum atomic E-state index is -0.300. The number of aromatic nitrogens is 1. The van der Waals surface area contributed by atoms with Crippen molar-refractivity contribution >= 4 is 34.1 Å². The van der Waals surface area contributed by atoms with E-state index in [9.17, 15) is 4.79 Å². The predicted molar refractivity (Wildman–Crippen MR) is 124 cm³/mol. The van der Waals surface area contributed by atoms with Crippen LogP contribution in [0.15, 0.2) is 77.9 Å². The number of hydrazone groups is 1. The second-order valence-electron chi connectivity index (χ2n) is 7.12. The molecular weight excluding hydrogens is 394 g/mol. The quantitative estimate of drug-likeness (QED) is 0.295. The van der Waals surface area contributed by atoms with Crippen molar-refractivity contribution in [1.29, 1.82) is 0 Å². The van der Waals surface area contributed by atoms with Crippen molar-refractivity contribution in [3.05, 3.63) is 94.6 Å². The van der Waals surface area contributed by atoms with Crippen LogP contribution >= 0.6 is 11.6 Å². The largest absolute Gasteiger partial charge is 0.350 e. The summed E-state index contributed by atoms with van der Waals surface area (Å²) >= 11 is 6.22. The molecule has 0 saturated heterocycles. The molecule has 0 aliphatic heterocycles. The van der Waals surface area contributed by atoms with Crippen molar-refractivity contribution < 1.29 is 4.79 Å². The van der Waals surface area contributed by atoms with Crippen LogP contribution in [0, 0.1) is 0 Å². The highest BCUT2D eigenvalue weighted by atomic mass is 35.5. The van der Waals surface area contributed by atoms with Crippen molar-refractivity contribution in [2.24, 2.45) is 5.10 Å². The zero-order chi connectivity index (χ0) is 21.1. The zero-order valence-corrected chi connectivity index (χ0v) is 17.6. The second-order valence-corrected chi connectivity index (χ2v) is 7.56. The molecule has 1 amide bonds. The standard InChI is InChI=1S/C25H22ClN3O/c1-3-17-9-11-18(12-10-17)16(2)28-29-25(30)24-23(19-7-5-4-6-8-19)21-15-20(26)13-14-22(21)27-24/h4-15,27H,3H2,1-2H3,(H,29,30). The van der Waals surface area contributed by atoms with Crippen LogP contribution in [0.5, 0.6) is 0 Å². The molecule has 0 atom stereocenters. The first-order valence-electron chi connectivity index (χ1n) is 9.87. The summed E-state index contributed by atoms with van der Waals surface area (Å²) in [6.07, 6.45) is 0.986. The number of halogens is 1. The van der Waals surface area contributed by atoms with Crippen molar-refractivity contribution in [2.45, 2.75) is 20.3 Å². The third-order valence-electron chi connectivity index (χ3n) is 5.16. The fraction of sp³-hybridized carbons (Fsp3) is 0.120. The van der Waals surface area contributed by atoms with E-state index >= 15 is 0 Å². The molecule has 0 aliphatic rings. The smallest absolute Gasteiger partial charge is 0.288 e. The number of carbonyl (C=O) groups is 1. The Kier molecular flexibility index (Phi) is 5.68. The van der Waals surface area contributed by atoms with Gasteiger partial charge in [-0.05, 0) is 48.2 Å². The van der Waals surface area contributed by atoms with E-state index in [2.05, 4.69) is 34.6 Å². The molecule has 0 unspecified atom stereocenters. The summed E-state index contributed by atoms with van der Waals surface area (Å²) in [5, 5.41) is 5.84. The van der Waals surface area contributed by atoms with Crippen molar-refractivity contribution in [1.82, 2.24) is 10.4 Å². The Labute approximate surface area is 180 Å². The van der Waals surface area contributed by atoms with E-state index in [-0.39, 0.29) is 5.91 Å². The number of hydrogen-bond acceptors (Lipinski definition) is 2. The molecule has 1 aromatic heterocycles. The van der Waals surface area contributed by atoms with E-state index in [1.54, 1.807) is 6.07 Å². The van der Waals surface area contributed by atoms with Crippen LogP contribution in [0.3, 0.4) is 0 Å². The van der Waals surface area contributed by atoms with Crippen LogP contribution in [0.25, 0.3) is 22.0 Å². The van der Waals surface area contributed by atoms with Crippen molar-refractivity contribution in [3.63, 3.8) is 0 Å². The third-order valence-corrected chi connectivity index (χ3v) is 5.39. The highest BCUT2D eigenvalue weighted by molar-refractivity contribution is 6.31. The summed E-state index contributed by atoms with van der Waals surface area (Å²) in [6, 6.07) is 23.5. The van der Waals surface area contributed by atoms with E-state index in [1.165, 1.54) is 5.56 Å². The van der Waals surface area contributed by atoms with Crippen LogP contribution in [0.1, 0.15) is 35.5 Å². The van der Waals surface area contributed by atoms with Gasteiger partial charge in [0.25, 0.3) is 5.91 Å². The summed E-state index contributed by atoms with van der Waals surface area (Å²) in [5.74, 6) is -0.300. The van der Waals surface area contributed by atoms with Crippen molar-refractivity contribution in [2.75, 3.05) is 0 Å². The number of amides is 1. The molecule has 1 heterocycles. The normalized spacial score (nSPS) is 11.6. The third kappa shape index (κ3) is 4.00. The summed E-state index contributed by atoms with van der Waals surface area (Å²) in [6.45, 7) is 4.00. The highest BCUT2D eigenvalue weighted by Crippen LogP contribution is 2.34. The molecular formula is C25H22ClN3O. The molecule has 5 heteroatoms. The number of nitrogens with zero attached hydrogens (tertiary/aromatic N) is 1. The number of benzene rings is 3. The predicted octanol–water partition coefficient (Wildman–Crippen LogP) is 6.20. The number of nitrogens with one attached hydrogen (secondary N) is 2. The number of rotatable bonds is 5. The zero-order valence-electron chi connectivity index (χ0n) is 16.9. The van der Waals surface area contributed by atoms with E-state index in [0.717, 1.165) is 39.7 Å². The Morgan fingerprint density at radius 1 is 1.03 bits per heavy atom.